The minimum Gasteiger partial charge on any atom is -0.370 e. The van der Waals surface area contributed by atoms with Crippen molar-refractivity contribution in [3.8, 4) is 11.8 Å². The molecule has 0 saturated carbocycles. The van der Waals surface area contributed by atoms with Gasteiger partial charge in [-0.2, -0.15) is 0 Å². The highest BCUT2D eigenvalue weighted by atomic mass is 15.0. The smallest absolute Gasteiger partial charge is 0.125 e. The molecule has 0 unspecified atom stereocenters. The lowest BCUT2D eigenvalue weighted by atomic mass is 10.2. The molecule has 2 aromatic rings. The van der Waals surface area contributed by atoms with Gasteiger partial charge in [0.05, 0.1) is 0 Å². The Hall–Kier alpha value is -2.27. The van der Waals surface area contributed by atoms with E-state index in [9.17, 15) is 0 Å². The molecule has 1 aromatic carbocycles. The summed E-state index contributed by atoms with van der Waals surface area (Å²) in [5.74, 6) is 7.15. The first-order valence-electron chi connectivity index (χ1n) is 6.65. The zero-order chi connectivity index (χ0) is 13.3. The highest BCUT2D eigenvalue weighted by molar-refractivity contribution is 5.44. The molecule has 2 rings (SSSR count). The molecule has 0 aliphatic carbocycles. The van der Waals surface area contributed by atoms with Gasteiger partial charge in [0.15, 0.2) is 0 Å². The van der Waals surface area contributed by atoms with Gasteiger partial charge in [-0.05, 0) is 30.7 Å². The number of nitrogens with one attached hydrogen (secondary N) is 1. The second-order valence-electron chi connectivity index (χ2n) is 4.33. The summed E-state index contributed by atoms with van der Waals surface area (Å²) >= 11 is 0. The zero-order valence-electron chi connectivity index (χ0n) is 11.2. The van der Waals surface area contributed by atoms with Crippen LogP contribution in [0.2, 0.25) is 0 Å². The molecule has 1 heterocycles. The van der Waals surface area contributed by atoms with Gasteiger partial charge in [0.25, 0.3) is 0 Å². The lowest BCUT2D eigenvalue weighted by Gasteiger charge is -2.03. The maximum atomic E-state index is 4.35. The van der Waals surface area contributed by atoms with Gasteiger partial charge in [-0.15, -0.1) is 0 Å². The average Bonchev–Trinajstić information content (AvgIpc) is 2.48. The van der Waals surface area contributed by atoms with Crippen LogP contribution in [0.4, 0.5) is 5.82 Å². The average molecular weight is 250 g/mol. The molecule has 1 N–H and O–H groups in total. The van der Waals surface area contributed by atoms with Crippen molar-refractivity contribution in [2.75, 3.05) is 11.9 Å². The van der Waals surface area contributed by atoms with E-state index in [0.29, 0.717) is 0 Å². The summed E-state index contributed by atoms with van der Waals surface area (Å²) in [4.78, 5) is 4.35. The Morgan fingerprint density at radius 3 is 2.47 bits per heavy atom. The molecule has 0 fully saturated rings. The predicted octanol–water partition coefficient (Wildman–Crippen LogP) is 3.69. The van der Waals surface area contributed by atoms with Gasteiger partial charge in [0.2, 0.25) is 0 Å². The van der Waals surface area contributed by atoms with Gasteiger partial charge < -0.3 is 5.32 Å². The van der Waals surface area contributed by atoms with Gasteiger partial charge in [0.1, 0.15) is 5.82 Å². The molecule has 0 amide bonds. The topological polar surface area (TPSA) is 24.9 Å². The second kappa shape index (κ2) is 7.23. The van der Waals surface area contributed by atoms with E-state index in [1.54, 1.807) is 0 Å². The molecule has 0 saturated heterocycles. The number of hydrogen-bond donors (Lipinski definition) is 1. The van der Waals surface area contributed by atoms with Crippen molar-refractivity contribution in [2.45, 2.75) is 19.8 Å². The summed E-state index contributed by atoms with van der Waals surface area (Å²) in [6.07, 6.45) is 4.16. The maximum absolute atomic E-state index is 4.35. The molecule has 0 bridgehead atoms. The van der Waals surface area contributed by atoms with Crippen LogP contribution in [0.25, 0.3) is 0 Å². The van der Waals surface area contributed by atoms with Crippen LogP contribution in [0.3, 0.4) is 0 Å². The van der Waals surface area contributed by atoms with Crippen LogP contribution in [-0.2, 0) is 0 Å². The normalized spacial score (nSPS) is 9.53. The standard InChI is InChI=1S/C17H18N2/c1-2-3-13-18-17-12-11-16(14-19-17)10-9-15-7-5-4-6-8-15/h4-8,11-12,14H,2-3,13H2,1H3,(H,18,19). The largest absolute Gasteiger partial charge is 0.370 e. The number of unbranched alkanes of at least 4 members (excludes halogenated alkanes) is 1. The van der Waals surface area contributed by atoms with Crippen molar-refractivity contribution in [2.24, 2.45) is 0 Å². The summed E-state index contributed by atoms with van der Waals surface area (Å²) < 4.78 is 0. The third kappa shape index (κ3) is 4.48. The Kier molecular flexibility index (Phi) is 5.01. The quantitative estimate of drug-likeness (QED) is 0.661. The van der Waals surface area contributed by atoms with E-state index in [2.05, 4.69) is 29.1 Å². The third-order valence-corrected chi connectivity index (χ3v) is 2.72. The van der Waals surface area contributed by atoms with E-state index in [1.165, 1.54) is 6.42 Å². The van der Waals surface area contributed by atoms with Crippen LogP contribution in [0.1, 0.15) is 30.9 Å². The van der Waals surface area contributed by atoms with Crippen molar-refractivity contribution in [3.05, 3.63) is 59.8 Å². The fourth-order valence-electron chi connectivity index (χ4n) is 1.63. The molecule has 0 radical (unpaired) electrons. The Labute approximate surface area is 114 Å². The van der Waals surface area contributed by atoms with Gasteiger partial charge >= 0.3 is 0 Å². The van der Waals surface area contributed by atoms with E-state index in [1.807, 2.05) is 48.7 Å². The molecule has 96 valence electrons. The number of nitrogens with zero attached hydrogens (tertiary/aromatic N) is 1. The van der Waals surface area contributed by atoms with Crippen LogP contribution in [0, 0.1) is 11.8 Å². The third-order valence-electron chi connectivity index (χ3n) is 2.72. The Morgan fingerprint density at radius 2 is 1.79 bits per heavy atom. The van der Waals surface area contributed by atoms with Crippen molar-refractivity contribution < 1.29 is 0 Å². The SMILES string of the molecule is CCCCNc1ccc(C#Cc2ccccc2)cn1. The van der Waals surface area contributed by atoms with E-state index in [0.717, 1.165) is 29.9 Å². The van der Waals surface area contributed by atoms with Crippen LogP contribution in [0.15, 0.2) is 48.7 Å². The Bertz CT molecular complexity index is 547. The summed E-state index contributed by atoms with van der Waals surface area (Å²) in [6, 6.07) is 13.9. The molecule has 2 heteroatoms. The minimum absolute atomic E-state index is 0.915. The molecule has 1 aromatic heterocycles. The lowest BCUT2D eigenvalue weighted by Crippen LogP contribution is -2.02. The van der Waals surface area contributed by atoms with Gasteiger partial charge in [-0.1, -0.05) is 43.4 Å². The van der Waals surface area contributed by atoms with E-state index >= 15 is 0 Å². The van der Waals surface area contributed by atoms with Crippen molar-refractivity contribution in [3.63, 3.8) is 0 Å². The molecular formula is C17H18N2. The number of hydrogen-bond acceptors (Lipinski definition) is 2. The summed E-state index contributed by atoms with van der Waals surface area (Å²) in [5.41, 5.74) is 1.96. The van der Waals surface area contributed by atoms with Crippen LogP contribution in [0.5, 0.6) is 0 Å². The first kappa shape index (κ1) is 13.2. The Balaban J connectivity index is 1.97. The first-order chi connectivity index (χ1) is 9.38. The van der Waals surface area contributed by atoms with Gasteiger partial charge in [0, 0.05) is 23.9 Å². The number of aromatic nitrogens is 1. The number of anilines is 1. The number of rotatable bonds is 4. The molecule has 19 heavy (non-hydrogen) atoms. The molecular weight excluding hydrogens is 232 g/mol. The number of benzene rings is 1. The van der Waals surface area contributed by atoms with Crippen LogP contribution in [-0.4, -0.2) is 11.5 Å². The summed E-state index contributed by atoms with van der Waals surface area (Å²) in [7, 11) is 0. The highest BCUT2D eigenvalue weighted by Crippen LogP contribution is 2.05. The predicted molar refractivity (Wildman–Crippen MR) is 80.1 cm³/mol. The van der Waals surface area contributed by atoms with E-state index in [-0.39, 0.29) is 0 Å². The highest BCUT2D eigenvalue weighted by Gasteiger charge is 1.93. The Morgan fingerprint density at radius 1 is 1.00 bits per heavy atom. The second-order valence-corrected chi connectivity index (χ2v) is 4.33. The molecule has 0 aliphatic heterocycles. The first-order valence-corrected chi connectivity index (χ1v) is 6.65. The summed E-state index contributed by atoms with van der Waals surface area (Å²) in [5, 5.41) is 3.29. The van der Waals surface area contributed by atoms with E-state index < -0.39 is 0 Å². The van der Waals surface area contributed by atoms with Crippen molar-refractivity contribution in [1.82, 2.24) is 4.98 Å². The zero-order valence-corrected chi connectivity index (χ0v) is 11.2. The number of pyridine rings is 1. The molecule has 0 spiro atoms. The summed E-state index contributed by atoms with van der Waals surface area (Å²) in [6.45, 7) is 3.15. The fourth-order valence-corrected chi connectivity index (χ4v) is 1.63. The van der Waals surface area contributed by atoms with Gasteiger partial charge in [-0.3, -0.25) is 0 Å². The molecule has 0 atom stereocenters. The monoisotopic (exact) mass is 250 g/mol. The maximum Gasteiger partial charge on any atom is 0.125 e. The van der Waals surface area contributed by atoms with Crippen LogP contribution < -0.4 is 5.32 Å². The van der Waals surface area contributed by atoms with Crippen molar-refractivity contribution >= 4 is 5.82 Å². The van der Waals surface area contributed by atoms with Crippen molar-refractivity contribution in [1.29, 1.82) is 0 Å². The fraction of sp³-hybridized carbons (Fsp3) is 0.235. The van der Waals surface area contributed by atoms with Crippen LogP contribution >= 0.6 is 0 Å². The minimum atomic E-state index is 0.915. The van der Waals surface area contributed by atoms with E-state index in [4.69, 9.17) is 0 Å². The molecule has 2 nitrogen and oxygen atoms in total. The lowest BCUT2D eigenvalue weighted by molar-refractivity contribution is 0.831. The molecule has 0 aliphatic rings. The van der Waals surface area contributed by atoms with Gasteiger partial charge in [-0.25, -0.2) is 4.98 Å².